The van der Waals surface area contributed by atoms with Gasteiger partial charge in [0.15, 0.2) is 0 Å². The molecule has 3 heteroatoms. The van der Waals surface area contributed by atoms with Crippen molar-refractivity contribution in [3.05, 3.63) is 0 Å². The Hall–Kier alpha value is -0.120. The predicted octanol–water partition coefficient (Wildman–Crippen LogP) is 1.06. The molecule has 0 aromatic heterocycles. The Kier molecular flexibility index (Phi) is 2.49. The van der Waals surface area contributed by atoms with Crippen LogP contribution in [0.5, 0.6) is 0 Å². The summed E-state index contributed by atoms with van der Waals surface area (Å²) in [6, 6.07) is 0.783. The molecule has 2 unspecified atom stereocenters. The van der Waals surface area contributed by atoms with E-state index in [1.165, 1.54) is 19.3 Å². The molecule has 3 aliphatic rings. The molecule has 86 valence electrons. The van der Waals surface area contributed by atoms with Crippen LogP contribution in [0.4, 0.5) is 0 Å². The van der Waals surface area contributed by atoms with Gasteiger partial charge in [0.1, 0.15) is 0 Å². The largest absolute Gasteiger partial charge is 0.390 e. The Morgan fingerprint density at radius 3 is 2.40 bits per heavy atom. The van der Waals surface area contributed by atoms with Crippen LogP contribution in [0.1, 0.15) is 38.5 Å². The second kappa shape index (κ2) is 3.72. The molecule has 2 N–H and O–H groups in total. The van der Waals surface area contributed by atoms with Crippen molar-refractivity contribution < 1.29 is 9.84 Å². The maximum Gasteiger partial charge on any atom is 0.0681 e. The van der Waals surface area contributed by atoms with Crippen molar-refractivity contribution in [3.8, 4) is 0 Å². The van der Waals surface area contributed by atoms with Gasteiger partial charge in [-0.2, -0.15) is 0 Å². The van der Waals surface area contributed by atoms with Crippen molar-refractivity contribution in [2.45, 2.75) is 56.2 Å². The Labute approximate surface area is 91.2 Å². The number of nitrogens with one attached hydrogen (secondary N) is 1. The van der Waals surface area contributed by atoms with Crippen LogP contribution in [0.3, 0.4) is 0 Å². The maximum atomic E-state index is 10.6. The zero-order valence-corrected chi connectivity index (χ0v) is 9.24. The van der Waals surface area contributed by atoms with Crippen LogP contribution in [0.15, 0.2) is 0 Å². The van der Waals surface area contributed by atoms with Gasteiger partial charge in [-0.15, -0.1) is 0 Å². The van der Waals surface area contributed by atoms with Crippen molar-refractivity contribution in [2.75, 3.05) is 13.2 Å². The molecule has 2 bridgehead atoms. The topological polar surface area (TPSA) is 41.5 Å². The van der Waals surface area contributed by atoms with Gasteiger partial charge in [-0.25, -0.2) is 0 Å². The van der Waals surface area contributed by atoms with E-state index in [0.29, 0.717) is 12.1 Å². The summed E-state index contributed by atoms with van der Waals surface area (Å²) in [6.45, 7) is 1.56. The minimum atomic E-state index is -0.393. The van der Waals surface area contributed by atoms with Crippen LogP contribution < -0.4 is 5.32 Å². The van der Waals surface area contributed by atoms with E-state index in [1.54, 1.807) is 0 Å². The summed E-state index contributed by atoms with van der Waals surface area (Å²) in [5.74, 6) is 0.801. The van der Waals surface area contributed by atoms with Crippen molar-refractivity contribution >= 4 is 0 Å². The molecule has 3 rings (SSSR count). The minimum absolute atomic E-state index is 0.391. The monoisotopic (exact) mass is 211 g/mol. The van der Waals surface area contributed by atoms with E-state index in [1.807, 2.05) is 0 Å². The number of hydrogen-bond acceptors (Lipinski definition) is 3. The zero-order chi connectivity index (χ0) is 10.3. The van der Waals surface area contributed by atoms with Crippen LogP contribution in [0.2, 0.25) is 0 Å². The van der Waals surface area contributed by atoms with Crippen molar-refractivity contribution in [1.82, 2.24) is 5.32 Å². The zero-order valence-electron chi connectivity index (χ0n) is 9.24. The molecule has 0 spiro atoms. The standard InChI is InChI=1S/C12H21NO2/c14-12(4-9-2-1-3-9)5-10-7-15-8-11(6-12)13-10/h9-11,13-14H,1-8H2. The van der Waals surface area contributed by atoms with E-state index in [0.717, 1.165) is 38.4 Å². The first-order valence-corrected chi connectivity index (χ1v) is 6.30. The fourth-order valence-electron chi connectivity index (χ4n) is 3.42. The summed E-state index contributed by atoms with van der Waals surface area (Å²) < 4.78 is 5.50. The van der Waals surface area contributed by atoms with Crippen LogP contribution in [0, 0.1) is 5.92 Å². The van der Waals surface area contributed by atoms with E-state index in [9.17, 15) is 5.11 Å². The summed E-state index contributed by atoms with van der Waals surface area (Å²) in [5, 5.41) is 14.1. The second-order valence-electron chi connectivity index (χ2n) is 5.73. The molecule has 3 nitrogen and oxygen atoms in total. The van der Waals surface area contributed by atoms with Crippen molar-refractivity contribution in [1.29, 1.82) is 0 Å². The lowest BCUT2D eigenvalue weighted by Crippen LogP contribution is -2.60. The van der Waals surface area contributed by atoms with Gasteiger partial charge >= 0.3 is 0 Å². The maximum absolute atomic E-state index is 10.6. The van der Waals surface area contributed by atoms with Crippen LogP contribution >= 0.6 is 0 Å². The molecule has 1 saturated carbocycles. The van der Waals surface area contributed by atoms with E-state index in [-0.39, 0.29) is 0 Å². The lowest BCUT2D eigenvalue weighted by Gasteiger charge is -2.47. The average Bonchev–Trinajstić information content (AvgIpc) is 2.11. The van der Waals surface area contributed by atoms with Gasteiger partial charge in [0.25, 0.3) is 0 Å². The molecule has 3 fully saturated rings. The van der Waals surface area contributed by atoms with Gasteiger partial charge in [0.05, 0.1) is 18.8 Å². The van der Waals surface area contributed by atoms with E-state index < -0.39 is 5.60 Å². The third-order valence-corrected chi connectivity index (χ3v) is 4.26. The Morgan fingerprint density at radius 2 is 1.87 bits per heavy atom. The Bertz CT molecular complexity index is 222. The predicted molar refractivity (Wildman–Crippen MR) is 57.7 cm³/mol. The number of rotatable bonds is 2. The number of piperidine rings is 1. The van der Waals surface area contributed by atoms with E-state index in [4.69, 9.17) is 4.74 Å². The summed E-state index contributed by atoms with van der Waals surface area (Å²) in [7, 11) is 0. The van der Waals surface area contributed by atoms with Gasteiger partial charge in [-0.3, -0.25) is 0 Å². The van der Waals surface area contributed by atoms with Crippen LogP contribution in [0.25, 0.3) is 0 Å². The smallest absolute Gasteiger partial charge is 0.0681 e. The first kappa shape index (κ1) is 10.1. The normalized spacial score (nSPS) is 46.2. The highest BCUT2D eigenvalue weighted by Gasteiger charge is 2.42. The first-order chi connectivity index (χ1) is 7.23. The summed E-state index contributed by atoms with van der Waals surface area (Å²) in [6.07, 6.45) is 6.85. The summed E-state index contributed by atoms with van der Waals surface area (Å²) in [4.78, 5) is 0. The van der Waals surface area contributed by atoms with Crippen molar-refractivity contribution in [3.63, 3.8) is 0 Å². The van der Waals surface area contributed by atoms with Gasteiger partial charge in [-0.1, -0.05) is 19.3 Å². The number of morpholine rings is 1. The van der Waals surface area contributed by atoms with Gasteiger partial charge in [0.2, 0.25) is 0 Å². The third kappa shape index (κ3) is 2.05. The van der Waals surface area contributed by atoms with Crippen LogP contribution in [-0.4, -0.2) is 36.0 Å². The highest BCUT2D eigenvalue weighted by atomic mass is 16.5. The molecule has 2 atom stereocenters. The molecule has 0 radical (unpaired) electrons. The Balaban J connectivity index is 1.63. The molecule has 0 amide bonds. The van der Waals surface area contributed by atoms with Gasteiger partial charge in [-0.05, 0) is 25.2 Å². The minimum Gasteiger partial charge on any atom is -0.390 e. The summed E-state index contributed by atoms with van der Waals surface area (Å²) in [5.41, 5.74) is -0.393. The lowest BCUT2D eigenvalue weighted by atomic mass is 9.71. The molecule has 0 aromatic carbocycles. The molecular formula is C12H21NO2. The fraction of sp³-hybridized carbons (Fsp3) is 1.00. The molecule has 2 aliphatic heterocycles. The highest BCUT2D eigenvalue weighted by molar-refractivity contribution is 4.98. The SMILES string of the molecule is OC1(CC2CCC2)CC2COCC(C1)N2. The van der Waals surface area contributed by atoms with Crippen molar-refractivity contribution in [2.24, 2.45) is 5.92 Å². The molecule has 0 aromatic rings. The first-order valence-electron chi connectivity index (χ1n) is 6.30. The lowest BCUT2D eigenvalue weighted by molar-refractivity contribution is -0.0911. The number of aliphatic hydroxyl groups is 1. The summed E-state index contributed by atoms with van der Waals surface area (Å²) >= 11 is 0. The fourth-order valence-corrected chi connectivity index (χ4v) is 3.42. The van der Waals surface area contributed by atoms with Gasteiger partial charge < -0.3 is 15.2 Å². The molecule has 1 aliphatic carbocycles. The highest BCUT2D eigenvalue weighted by Crippen LogP contribution is 2.39. The van der Waals surface area contributed by atoms with E-state index >= 15 is 0 Å². The second-order valence-corrected chi connectivity index (χ2v) is 5.73. The average molecular weight is 211 g/mol. The third-order valence-electron chi connectivity index (χ3n) is 4.26. The molecular weight excluding hydrogens is 190 g/mol. The number of hydrogen-bond donors (Lipinski definition) is 2. The van der Waals surface area contributed by atoms with Crippen LogP contribution in [-0.2, 0) is 4.74 Å². The quantitative estimate of drug-likeness (QED) is 0.717. The molecule has 15 heavy (non-hydrogen) atoms. The molecule has 2 heterocycles. The Morgan fingerprint density at radius 1 is 1.20 bits per heavy atom. The van der Waals surface area contributed by atoms with E-state index in [2.05, 4.69) is 5.32 Å². The number of ether oxygens (including phenoxy) is 1. The molecule has 2 saturated heterocycles. The van der Waals surface area contributed by atoms with Gasteiger partial charge in [0, 0.05) is 12.1 Å². The number of fused-ring (bicyclic) bond motifs is 2.